The average molecular weight is 279 g/mol. The lowest BCUT2D eigenvalue weighted by Crippen LogP contribution is -2.46. The highest BCUT2D eigenvalue weighted by Crippen LogP contribution is 2.34. The van der Waals surface area contributed by atoms with E-state index in [2.05, 4.69) is 10.2 Å². The van der Waals surface area contributed by atoms with Gasteiger partial charge in [-0.3, -0.25) is 14.7 Å². The van der Waals surface area contributed by atoms with Crippen LogP contribution in [0.25, 0.3) is 0 Å². The number of hydrogen-bond acceptors (Lipinski definition) is 3. The first-order valence-corrected chi connectivity index (χ1v) is 6.86. The van der Waals surface area contributed by atoms with E-state index in [4.69, 9.17) is 0 Å². The highest BCUT2D eigenvalue weighted by atomic mass is 16.4. The number of carboxylic acid groups (broad SMARTS) is 1. The van der Waals surface area contributed by atoms with Crippen LogP contribution in [0.15, 0.2) is 6.20 Å². The summed E-state index contributed by atoms with van der Waals surface area (Å²) < 4.78 is 0. The van der Waals surface area contributed by atoms with Gasteiger partial charge in [0, 0.05) is 18.8 Å². The molecule has 0 saturated carbocycles. The second kappa shape index (κ2) is 5.26. The van der Waals surface area contributed by atoms with Crippen LogP contribution < -0.4 is 0 Å². The van der Waals surface area contributed by atoms with Crippen molar-refractivity contribution in [3.63, 3.8) is 0 Å². The highest BCUT2D eigenvalue weighted by molar-refractivity contribution is 5.95. The van der Waals surface area contributed by atoms with E-state index in [1.165, 1.54) is 6.20 Å². The summed E-state index contributed by atoms with van der Waals surface area (Å²) in [5.41, 5.74) is 0.498. The van der Waals surface area contributed by atoms with Crippen LogP contribution in [0, 0.1) is 18.3 Å². The number of aromatic nitrogens is 2. The van der Waals surface area contributed by atoms with Gasteiger partial charge in [-0.15, -0.1) is 0 Å². The number of carboxylic acids is 1. The molecule has 1 amide bonds. The Kier molecular flexibility index (Phi) is 3.83. The summed E-state index contributed by atoms with van der Waals surface area (Å²) in [6, 6.07) is 0. The molecule has 1 aromatic rings. The molecule has 6 heteroatoms. The van der Waals surface area contributed by atoms with E-state index in [1.54, 1.807) is 18.7 Å². The van der Waals surface area contributed by atoms with Gasteiger partial charge in [0.1, 0.15) is 0 Å². The maximum atomic E-state index is 12.4. The molecule has 0 spiro atoms. The number of likely N-dealkylation sites (tertiary alicyclic amines) is 1. The number of carbonyl (C=O) groups excluding carboxylic acids is 1. The molecule has 2 heterocycles. The third kappa shape index (κ3) is 2.55. The third-order valence-corrected chi connectivity index (χ3v) is 4.34. The molecule has 1 aromatic heterocycles. The van der Waals surface area contributed by atoms with Gasteiger partial charge in [-0.05, 0) is 39.5 Å². The lowest BCUT2D eigenvalue weighted by molar-refractivity contribution is -0.151. The van der Waals surface area contributed by atoms with E-state index >= 15 is 0 Å². The van der Waals surface area contributed by atoms with Crippen LogP contribution in [0.2, 0.25) is 0 Å². The van der Waals surface area contributed by atoms with Gasteiger partial charge >= 0.3 is 5.97 Å². The number of H-pyrrole nitrogens is 1. The smallest absolute Gasteiger partial charge is 0.309 e. The molecule has 1 aliphatic rings. The van der Waals surface area contributed by atoms with Gasteiger partial charge < -0.3 is 10.0 Å². The Bertz CT molecular complexity index is 521. The van der Waals surface area contributed by atoms with Crippen LogP contribution in [0.1, 0.15) is 42.7 Å². The lowest BCUT2D eigenvalue weighted by Gasteiger charge is -2.39. The first-order chi connectivity index (χ1) is 9.34. The van der Waals surface area contributed by atoms with Crippen LogP contribution in [-0.4, -0.2) is 45.2 Å². The van der Waals surface area contributed by atoms with Crippen LogP contribution >= 0.6 is 0 Å². The fourth-order valence-electron chi connectivity index (χ4n) is 2.66. The molecule has 0 radical (unpaired) electrons. The molecule has 110 valence electrons. The first-order valence-electron chi connectivity index (χ1n) is 6.86. The molecule has 1 atom stereocenters. The SMILES string of the molecule is Cc1[nH]ncc1C(=O)N1CCCC(C(C)(C)C(=O)O)C1. The van der Waals surface area contributed by atoms with Crippen molar-refractivity contribution < 1.29 is 14.7 Å². The Hall–Kier alpha value is -1.85. The minimum atomic E-state index is -0.815. The van der Waals surface area contributed by atoms with Crippen molar-refractivity contribution in [1.29, 1.82) is 0 Å². The van der Waals surface area contributed by atoms with E-state index in [0.717, 1.165) is 18.5 Å². The summed E-state index contributed by atoms with van der Waals surface area (Å²) in [7, 11) is 0. The number of nitrogens with zero attached hydrogens (tertiary/aromatic N) is 2. The summed E-state index contributed by atoms with van der Waals surface area (Å²) in [4.78, 5) is 25.6. The van der Waals surface area contributed by atoms with Gasteiger partial charge in [-0.2, -0.15) is 5.10 Å². The first kappa shape index (κ1) is 14.6. The van der Waals surface area contributed by atoms with Gasteiger partial charge in [-0.25, -0.2) is 0 Å². The summed E-state index contributed by atoms with van der Waals surface area (Å²) in [5.74, 6) is -0.900. The van der Waals surface area contributed by atoms with Crippen molar-refractivity contribution in [3.8, 4) is 0 Å². The van der Waals surface area contributed by atoms with Crippen molar-refractivity contribution in [2.75, 3.05) is 13.1 Å². The number of amides is 1. The fraction of sp³-hybridized carbons (Fsp3) is 0.643. The van der Waals surface area contributed by atoms with Crippen molar-refractivity contribution in [3.05, 3.63) is 17.5 Å². The molecule has 6 nitrogen and oxygen atoms in total. The number of carbonyl (C=O) groups is 2. The quantitative estimate of drug-likeness (QED) is 0.881. The Balaban J connectivity index is 2.13. The number of hydrogen-bond donors (Lipinski definition) is 2. The summed E-state index contributed by atoms with van der Waals surface area (Å²) in [6.07, 6.45) is 3.21. The number of aliphatic carboxylic acids is 1. The standard InChI is InChI=1S/C14H21N3O3/c1-9-11(7-15-16-9)12(18)17-6-4-5-10(8-17)14(2,3)13(19)20/h7,10H,4-6,8H2,1-3H3,(H,15,16)(H,19,20). The van der Waals surface area contributed by atoms with Crippen LogP contribution in [0.4, 0.5) is 0 Å². The van der Waals surface area contributed by atoms with E-state index in [9.17, 15) is 14.7 Å². The monoisotopic (exact) mass is 279 g/mol. The number of aryl methyl sites for hydroxylation is 1. The van der Waals surface area contributed by atoms with Crippen LogP contribution in [-0.2, 0) is 4.79 Å². The third-order valence-electron chi connectivity index (χ3n) is 4.34. The minimum absolute atomic E-state index is 0.0232. The van der Waals surface area contributed by atoms with E-state index in [0.29, 0.717) is 18.7 Å². The molecule has 0 aromatic carbocycles. The predicted molar refractivity (Wildman–Crippen MR) is 73.4 cm³/mol. The molecule has 20 heavy (non-hydrogen) atoms. The molecular weight excluding hydrogens is 258 g/mol. The maximum absolute atomic E-state index is 12.4. The molecule has 1 fully saturated rings. The van der Waals surface area contributed by atoms with Crippen molar-refractivity contribution in [1.82, 2.24) is 15.1 Å². The summed E-state index contributed by atoms with van der Waals surface area (Å²) in [5, 5.41) is 16.0. The van der Waals surface area contributed by atoms with Gasteiger partial charge in [0.05, 0.1) is 17.2 Å². The molecule has 2 N–H and O–H groups in total. The van der Waals surface area contributed by atoms with Crippen molar-refractivity contribution in [2.24, 2.45) is 11.3 Å². The Morgan fingerprint density at radius 2 is 2.20 bits per heavy atom. The van der Waals surface area contributed by atoms with E-state index in [1.807, 2.05) is 6.92 Å². The molecule has 0 bridgehead atoms. The zero-order valence-corrected chi connectivity index (χ0v) is 12.1. The maximum Gasteiger partial charge on any atom is 0.309 e. The van der Waals surface area contributed by atoms with Gasteiger partial charge in [0.15, 0.2) is 0 Å². The van der Waals surface area contributed by atoms with Crippen LogP contribution in [0.3, 0.4) is 0 Å². The summed E-state index contributed by atoms with van der Waals surface area (Å²) >= 11 is 0. The number of nitrogens with one attached hydrogen (secondary N) is 1. The normalized spacial score (nSPS) is 19.9. The fourth-order valence-corrected chi connectivity index (χ4v) is 2.66. The second-order valence-corrected chi connectivity index (χ2v) is 6.03. The van der Waals surface area contributed by atoms with E-state index < -0.39 is 11.4 Å². The van der Waals surface area contributed by atoms with Gasteiger partial charge in [-0.1, -0.05) is 0 Å². The van der Waals surface area contributed by atoms with Crippen molar-refractivity contribution in [2.45, 2.75) is 33.6 Å². The zero-order valence-electron chi connectivity index (χ0n) is 12.1. The van der Waals surface area contributed by atoms with Gasteiger partial charge in [0.25, 0.3) is 5.91 Å². The zero-order chi connectivity index (χ0) is 14.9. The van der Waals surface area contributed by atoms with Crippen molar-refractivity contribution >= 4 is 11.9 Å². The Morgan fingerprint density at radius 1 is 1.50 bits per heavy atom. The number of piperidine rings is 1. The van der Waals surface area contributed by atoms with E-state index in [-0.39, 0.29) is 11.8 Å². The molecule has 0 aliphatic carbocycles. The molecule has 1 saturated heterocycles. The minimum Gasteiger partial charge on any atom is -0.481 e. The molecule has 2 rings (SSSR count). The predicted octanol–water partition coefficient (Wildman–Crippen LogP) is 1.68. The lowest BCUT2D eigenvalue weighted by atomic mass is 9.74. The second-order valence-electron chi connectivity index (χ2n) is 6.03. The molecular formula is C14H21N3O3. The molecule has 1 unspecified atom stereocenters. The average Bonchev–Trinajstić information content (AvgIpc) is 2.84. The topological polar surface area (TPSA) is 86.3 Å². The Morgan fingerprint density at radius 3 is 2.75 bits per heavy atom. The largest absolute Gasteiger partial charge is 0.481 e. The van der Waals surface area contributed by atoms with Gasteiger partial charge in [0.2, 0.25) is 0 Å². The number of rotatable bonds is 3. The highest BCUT2D eigenvalue weighted by Gasteiger charge is 2.40. The number of aromatic amines is 1. The molecule has 1 aliphatic heterocycles. The summed E-state index contributed by atoms with van der Waals surface area (Å²) in [6.45, 7) is 6.44. The Labute approximate surface area is 118 Å². The van der Waals surface area contributed by atoms with Crippen LogP contribution in [0.5, 0.6) is 0 Å².